The number of ether oxygens (including phenoxy) is 1. The monoisotopic (exact) mass is 372 g/mol. The summed E-state index contributed by atoms with van der Waals surface area (Å²) in [5.41, 5.74) is 1.34. The summed E-state index contributed by atoms with van der Waals surface area (Å²) in [7, 11) is 0. The van der Waals surface area contributed by atoms with E-state index in [1.54, 1.807) is 18.5 Å². The Morgan fingerprint density at radius 2 is 1.93 bits per heavy atom. The average molecular weight is 372 g/mol. The topological polar surface area (TPSA) is 55.2 Å². The van der Waals surface area contributed by atoms with Crippen LogP contribution in [0.2, 0.25) is 0 Å². The molecule has 27 heavy (non-hydrogen) atoms. The van der Waals surface area contributed by atoms with Gasteiger partial charge in [-0.05, 0) is 56.4 Å². The molecule has 0 saturated heterocycles. The average Bonchev–Trinajstić information content (AvgIpc) is 2.68. The van der Waals surface area contributed by atoms with Gasteiger partial charge in [0.15, 0.2) is 17.4 Å². The van der Waals surface area contributed by atoms with Crippen LogP contribution in [0.15, 0.2) is 36.7 Å². The maximum atomic E-state index is 13.4. The molecule has 0 aliphatic rings. The van der Waals surface area contributed by atoms with Gasteiger partial charge in [0.1, 0.15) is 0 Å². The summed E-state index contributed by atoms with van der Waals surface area (Å²) >= 11 is 0. The first-order chi connectivity index (χ1) is 13.1. The molecule has 5 heteroatoms. The van der Waals surface area contributed by atoms with Crippen LogP contribution < -0.4 is 0 Å². The van der Waals surface area contributed by atoms with Crippen LogP contribution in [-0.4, -0.2) is 27.8 Å². The minimum absolute atomic E-state index is 0.302. The van der Waals surface area contributed by atoms with Gasteiger partial charge < -0.3 is 9.84 Å². The van der Waals surface area contributed by atoms with Crippen molar-refractivity contribution in [2.75, 3.05) is 6.61 Å². The molecule has 0 bridgehead atoms. The fourth-order valence-corrected chi connectivity index (χ4v) is 2.69. The summed E-state index contributed by atoms with van der Waals surface area (Å²) in [6, 6.07) is 4.24. The number of nitrogens with zero attached hydrogens (tertiary/aromatic N) is 2. The Hall–Kier alpha value is -2.27. The molecule has 0 aliphatic carbocycles. The quantitative estimate of drug-likeness (QED) is 0.509. The van der Waals surface area contributed by atoms with Crippen molar-refractivity contribution in [2.24, 2.45) is 0 Å². The predicted molar refractivity (Wildman–Crippen MR) is 107 cm³/mol. The minimum Gasteiger partial charge on any atom is -0.505 e. The Labute approximate surface area is 161 Å². The first-order valence-electron chi connectivity index (χ1n) is 9.69. The van der Waals surface area contributed by atoms with Gasteiger partial charge in [0.2, 0.25) is 0 Å². The molecule has 0 fully saturated rings. The van der Waals surface area contributed by atoms with E-state index in [-0.39, 0.29) is 5.75 Å². The number of aromatic hydroxyl groups is 1. The second kappa shape index (κ2) is 11.4. The molecule has 1 aromatic heterocycles. The van der Waals surface area contributed by atoms with E-state index in [0.717, 1.165) is 32.3 Å². The van der Waals surface area contributed by atoms with Gasteiger partial charge in [-0.2, -0.15) is 0 Å². The van der Waals surface area contributed by atoms with Crippen LogP contribution in [-0.2, 0) is 4.74 Å². The molecule has 1 atom stereocenters. The molecule has 146 valence electrons. The number of phenolic OH excluding ortho intramolecular Hbond substituents is 1. The number of allylic oxidation sites excluding steroid dienone is 1. The van der Waals surface area contributed by atoms with E-state index >= 15 is 0 Å². The zero-order valence-corrected chi connectivity index (χ0v) is 16.2. The third-order valence-corrected chi connectivity index (χ3v) is 4.35. The molecule has 0 amide bonds. The lowest BCUT2D eigenvalue weighted by atomic mass is 10.1. The molecule has 0 aliphatic heterocycles. The molecule has 1 unspecified atom stereocenters. The zero-order chi connectivity index (χ0) is 19.5. The minimum atomic E-state index is -0.653. The Morgan fingerprint density at radius 3 is 2.63 bits per heavy atom. The third-order valence-electron chi connectivity index (χ3n) is 4.35. The Balaban J connectivity index is 1.73. The maximum Gasteiger partial charge on any atom is 0.165 e. The molecule has 0 spiro atoms. The summed E-state index contributed by atoms with van der Waals surface area (Å²) < 4.78 is 19.2. The molecule has 2 rings (SSSR count). The number of halogens is 1. The first-order valence-corrected chi connectivity index (χ1v) is 9.69. The molecule has 0 radical (unpaired) electrons. The highest BCUT2D eigenvalue weighted by Crippen LogP contribution is 2.23. The van der Waals surface area contributed by atoms with Gasteiger partial charge in [-0.15, -0.1) is 0 Å². The molecule has 2 aromatic rings. The number of hydrogen-bond donors (Lipinski definition) is 1. The second-order valence-corrected chi connectivity index (χ2v) is 6.72. The number of aromatic nitrogens is 2. The van der Waals surface area contributed by atoms with Crippen LogP contribution in [0.3, 0.4) is 0 Å². The van der Waals surface area contributed by atoms with Crippen LogP contribution >= 0.6 is 0 Å². The number of benzene rings is 1. The van der Waals surface area contributed by atoms with Gasteiger partial charge in [0.05, 0.1) is 6.10 Å². The first kappa shape index (κ1) is 21.0. The predicted octanol–water partition coefficient (Wildman–Crippen LogP) is 5.77. The van der Waals surface area contributed by atoms with Gasteiger partial charge >= 0.3 is 0 Å². The summed E-state index contributed by atoms with van der Waals surface area (Å²) in [5, 5.41) is 9.25. The summed E-state index contributed by atoms with van der Waals surface area (Å²) in [4.78, 5) is 8.58. The number of hydrogen-bond acceptors (Lipinski definition) is 4. The fourth-order valence-electron chi connectivity index (χ4n) is 2.69. The van der Waals surface area contributed by atoms with E-state index in [1.165, 1.54) is 25.0 Å². The normalized spacial score (nSPS) is 12.6. The van der Waals surface area contributed by atoms with Crippen molar-refractivity contribution in [3.8, 4) is 16.9 Å². The van der Waals surface area contributed by atoms with E-state index in [9.17, 15) is 9.50 Å². The van der Waals surface area contributed by atoms with Gasteiger partial charge in [0, 0.05) is 24.6 Å². The highest BCUT2D eigenvalue weighted by molar-refractivity contribution is 5.63. The number of rotatable bonds is 11. The van der Waals surface area contributed by atoms with E-state index < -0.39 is 5.82 Å². The summed E-state index contributed by atoms with van der Waals surface area (Å²) in [6.07, 6.45) is 14.2. The van der Waals surface area contributed by atoms with Gasteiger partial charge in [-0.25, -0.2) is 14.4 Å². The lowest BCUT2D eigenvalue weighted by molar-refractivity contribution is 0.0566. The molecule has 1 heterocycles. The van der Waals surface area contributed by atoms with Crippen molar-refractivity contribution in [1.82, 2.24) is 9.97 Å². The summed E-state index contributed by atoms with van der Waals surface area (Å²) in [5.74, 6) is -0.387. The molecule has 0 saturated carbocycles. The van der Waals surface area contributed by atoms with Gasteiger partial charge in [-0.1, -0.05) is 31.9 Å². The van der Waals surface area contributed by atoms with Crippen LogP contribution in [0.25, 0.3) is 17.2 Å². The van der Waals surface area contributed by atoms with Crippen LogP contribution in [0.1, 0.15) is 58.2 Å². The highest BCUT2D eigenvalue weighted by Gasteiger charge is 2.05. The van der Waals surface area contributed by atoms with Gasteiger partial charge in [0.25, 0.3) is 0 Å². The van der Waals surface area contributed by atoms with Crippen molar-refractivity contribution in [3.05, 3.63) is 48.3 Å². The third kappa shape index (κ3) is 7.47. The summed E-state index contributed by atoms with van der Waals surface area (Å²) in [6.45, 7) is 5.18. The molecule has 1 N–H and O–H groups in total. The van der Waals surface area contributed by atoms with Crippen molar-refractivity contribution >= 4 is 6.08 Å². The van der Waals surface area contributed by atoms with Crippen molar-refractivity contribution in [2.45, 2.75) is 58.5 Å². The smallest absolute Gasteiger partial charge is 0.165 e. The van der Waals surface area contributed by atoms with Crippen molar-refractivity contribution in [3.63, 3.8) is 0 Å². The zero-order valence-electron chi connectivity index (χ0n) is 16.2. The van der Waals surface area contributed by atoms with Crippen molar-refractivity contribution in [1.29, 1.82) is 0 Å². The number of phenols is 1. The lowest BCUT2D eigenvalue weighted by Crippen LogP contribution is -2.08. The van der Waals surface area contributed by atoms with E-state index in [0.29, 0.717) is 23.1 Å². The van der Waals surface area contributed by atoms with E-state index in [2.05, 4.69) is 29.9 Å². The Kier molecular flexibility index (Phi) is 8.92. The van der Waals surface area contributed by atoms with Crippen LogP contribution in [0.4, 0.5) is 4.39 Å². The van der Waals surface area contributed by atoms with E-state index in [4.69, 9.17) is 4.74 Å². The number of unbranched alkanes of at least 4 members (excludes halogenated alkanes) is 3. The molecule has 4 nitrogen and oxygen atoms in total. The van der Waals surface area contributed by atoms with Crippen LogP contribution in [0, 0.1) is 5.82 Å². The maximum absolute atomic E-state index is 13.4. The molecule has 1 aromatic carbocycles. The molecular weight excluding hydrogens is 343 g/mol. The molecular formula is C22H29FN2O2. The SMILES string of the molecule is CCCCCOC(C)CCC/C=C/c1ncc(-c2ccc(O)c(F)c2)cn1. The lowest BCUT2D eigenvalue weighted by Gasteiger charge is -2.11. The van der Waals surface area contributed by atoms with Gasteiger partial charge in [-0.3, -0.25) is 0 Å². The van der Waals surface area contributed by atoms with Crippen LogP contribution in [0.5, 0.6) is 5.75 Å². The Bertz CT molecular complexity index is 717. The fraction of sp³-hybridized carbons (Fsp3) is 0.455. The largest absolute Gasteiger partial charge is 0.505 e. The standard InChI is InChI=1S/C22H29FN2O2/c1-3-4-8-13-27-17(2)9-6-5-7-10-22-24-15-19(16-25-22)18-11-12-21(26)20(23)14-18/h7,10-12,14-17,26H,3-6,8-9,13H2,1-2H3/b10-7+. The van der Waals surface area contributed by atoms with E-state index in [1.807, 2.05) is 6.08 Å². The Morgan fingerprint density at radius 1 is 1.15 bits per heavy atom. The van der Waals surface area contributed by atoms with Crippen molar-refractivity contribution < 1.29 is 14.2 Å². The highest BCUT2D eigenvalue weighted by atomic mass is 19.1. The second-order valence-electron chi connectivity index (χ2n) is 6.72.